The van der Waals surface area contributed by atoms with Gasteiger partial charge in [0.05, 0.1) is 12.8 Å². The second-order valence-corrected chi connectivity index (χ2v) is 6.82. The van der Waals surface area contributed by atoms with Crippen molar-refractivity contribution in [1.29, 1.82) is 0 Å². The van der Waals surface area contributed by atoms with Gasteiger partial charge < -0.3 is 8.94 Å². The summed E-state index contributed by atoms with van der Waals surface area (Å²) in [5.41, 5.74) is 4.08. The Morgan fingerprint density at radius 1 is 0.963 bits per heavy atom. The Morgan fingerprint density at radius 3 is 2.67 bits per heavy atom. The van der Waals surface area contributed by atoms with Gasteiger partial charge in [-0.2, -0.15) is 4.98 Å². The van der Waals surface area contributed by atoms with Gasteiger partial charge in [-0.05, 0) is 28.8 Å². The molecule has 1 unspecified atom stereocenters. The molecule has 134 valence electrons. The first-order valence-electron chi connectivity index (χ1n) is 9.08. The molecule has 27 heavy (non-hydrogen) atoms. The van der Waals surface area contributed by atoms with Gasteiger partial charge in [-0.15, -0.1) is 0 Å². The van der Waals surface area contributed by atoms with Gasteiger partial charge in [0.25, 0.3) is 0 Å². The van der Waals surface area contributed by atoms with Gasteiger partial charge in [0.15, 0.2) is 5.76 Å². The van der Waals surface area contributed by atoms with Crippen LogP contribution in [0.15, 0.2) is 81.9 Å². The van der Waals surface area contributed by atoms with Crippen molar-refractivity contribution in [3.05, 3.63) is 95.6 Å². The third kappa shape index (κ3) is 3.17. The molecule has 3 heterocycles. The highest BCUT2D eigenvalue weighted by Crippen LogP contribution is 2.34. The summed E-state index contributed by atoms with van der Waals surface area (Å²) >= 11 is 0. The van der Waals surface area contributed by atoms with Crippen molar-refractivity contribution < 1.29 is 8.94 Å². The molecule has 0 aliphatic carbocycles. The number of hydrogen-bond acceptors (Lipinski definition) is 5. The van der Waals surface area contributed by atoms with Gasteiger partial charge in [-0.1, -0.05) is 59.8 Å². The fourth-order valence-electron chi connectivity index (χ4n) is 3.79. The molecule has 5 nitrogen and oxygen atoms in total. The van der Waals surface area contributed by atoms with E-state index in [1.165, 1.54) is 16.7 Å². The minimum Gasteiger partial charge on any atom is -0.461 e. The van der Waals surface area contributed by atoms with Crippen molar-refractivity contribution in [2.75, 3.05) is 6.54 Å². The third-order valence-corrected chi connectivity index (χ3v) is 5.04. The number of benzene rings is 2. The molecule has 4 aromatic rings. The fourth-order valence-corrected chi connectivity index (χ4v) is 3.79. The van der Waals surface area contributed by atoms with E-state index in [0.29, 0.717) is 29.9 Å². The van der Waals surface area contributed by atoms with Gasteiger partial charge in [0.2, 0.25) is 11.7 Å². The lowest BCUT2D eigenvalue weighted by Crippen LogP contribution is -2.33. The van der Waals surface area contributed by atoms with E-state index in [0.717, 1.165) is 13.1 Å². The minimum atomic E-state index is 0.337. The van der Waals surface area contributed by atoms with Crippen LogP contribution in [0.5, 0.6) is 0 Å². The standard InChI is InChI=1S/C22H19N3O2/c1-2-7-16(8-3-1)19-14-25(13-17-9-4-5-10-18(17)19)15-21-23-22(24-27-21)20-11-6-12-26-20/h1-12,19H,13-15H2. The van der Waals surface area contributed by atoms with Crippen LogP contribution in [0.25, 0.3) is 11.6 Å². The van der Waals surface area contributed by atoms with Gasteiger partial charge in [-0.3, -0.25) is 4.90 Å². The van der Waals surface area contributed by atoms with E-state index in [9.17, 15) is 0 Å². The van der Waals surface area contributed by atoms with Gasteiger partial charge in [0, 0.05) is 19.0 Å². The third-order valence-electron chi connectivity index (χ3n) is 5.04. The molecular formula is C22H19N3O2. The zero-order chi connectivity index (χ0) is 18.1. The van der Waals surface area contributed by atoms with Crippen molar-refractivity contribution in [3.63, 3.8) is 0 Å². The summed E-state index contributed by atoms with van der Waals surface area (Å²) in [5, 5.41) is 4.04. The maximum absolute atomic E-state index is 5.46. The number of aromatic nitrogens is 2. The predicted molar refractivity (Wildman–Crippen MR) is 101 cm³/mol. The van der Waals surface area contributed by atoms with Crippen molar-refractivity contribution in [2.24, 2.45) is 0 Å². The first-order valence-corrected chi connectivity index (χ1v) is 9.08. The monoisotopic (exact) mass is 357 g/mol. The summed E-state index contributed by atoms with van der Waals surface area (Å²) in [6.45, 7) is 2.41. The molecule has 5 rings (SSSR count). The smallest absolute Gasteiger partial charge is 0.241 e. The normalized spacial score (nSPS) is 17.0. The van der Waals surface area contributed by atoms with E-state index < -0.39 is 0 Å². The molecule has 0 N–H and O–H groups in total. The van der Waals surface area contributed by atoms with Crippen molar-refractivity contribution in [3.8, 4) is 11.6 Å². The summed E-state index contributed by atoms with van der Waals surface area (Å²) in [6.07, 6.45) is 1.61. The topological polar surface area (TPSA) is 55.3 Å². The average Bonchev–Trinajstić information content (AvgIpc) is 3.40. The maximum Gasteiger partial charge on any atom is 0.241 e. The van der Waals surface area contributed by atoms with Gasteiger partial charge in [-0.25, -0.2) is 0 Å². The minimum absolute atomic E-state index is 0.337. The number of hydrogen-bond donors (Lipinski definition) is 0. The summed E-state index contributed by atoms with van der Waals surface area (Å²) in [7, 11) is 0. The largest absolute Gasteiger partial charge is 0.461 e. The zero-order valence-electron chi connectivity index (χ0n) is 14.8. The summed E-state index contributed by atoms with van der Waals surface area (Å²) in [4.78, 5) is 6.85. The Kier molecular flexibility index (Phi) is 4.07. The van der Waals surface area contributed by atoms with Crippen LogP contribution in [0, 0.1) is 0 Å². The molecule has 0 spiro atoms. The highest BCUT2D eigenvalue weighted by Gasteiger charge is 2.27. The van der Waals surface area contributed by atoms with Crippen LogP contribution in [0.2, 0.25) is 0 Å². The van der Waals surface area contributed by atoms with E-state index >= 15 is 0 Å². The van der Waals surface area contributed by atoms with Crippen molar-refractivity contribution >= 4 is 0 Å². The highest BCUT2D eigenvalue weighted by atomic mass is 16.5. The first-order chi connectivity index (χ1) is 13.4. The molecule has 1 aliphatic heterocycles. The number of nitrogens with zero attached hydrogens (tertiary/aromatic N) is 3. The highest BCUT2D eigenvalue weighted by molar-refractivity contribution is 5.44. The Labute approximate surface area is 157 Å². The summed E-state index contributed by atoms with van der Waals surface area (Å²) in [6, 6.07) is 23.0. The molecule has 1 atom stereocenters. The Bertz CT molecular complexity index is 1020. The van der Waals surface area contributed by atoms with Crippen LogP contribution in [0.3, 0.4) is 0 Å². The number of rotatable bonds is 4. The lowest BCUT2D eigenvalue weighted by molar-refractivity contribution is 0.200. The SMILES string of the molecule is c1ccc(C2CN(Cc3nc(-c4ccco4)no3)Cc3ccccc32)cc1. The molecule has 0 saturated carbocycles. The van der Waals surface area contributed by atoms with Crippen molar-refractivity contribution in [1.82, 2.24) is 15.0 Å². The van der Waals surface area contributed by atoms with Gasteiger partial charge in [0.1, 0.15) is 0 Å². The molecule has 5 heteroatoms. The summed E-state index contributed by atoms with van der Waals surface area (Å²) in [5.74, 6) is 2.05. The number of furan rings is 1. The van der Waals surface area contributed by atoms with Crippen molar-refractivity contribution in [2.45, 2.75) is 19.0 Å². The molecule has 0 bridgehead atoms. The Morgan fingerprint density at radius 2 is 1.81 bits per heavy atom. The van der Waals surface area contributed by atoms with Crippen LogP contribution in [-0.4, -0.2) is 21.6 Å². The molecule has 0 saturated heterocycles. The fraction of sp³-hybridized carbons (Fsp3) is 0.182. The predicted octanol–water partition coefficient (Wildman–Crippen LogP) is 4.48. The molecule has 1 aliphatic rings. The van der Waals surface area contributed by atoms with E-state index in [1.54, 1.807) is 6.26 Å². The average molecular weight is 357 g/mol. The lowest BCUT2D eigenvalue weighted by Gasteiger charge is -2.34. The first kappa shape index (κ1) is 16.0. The van der Waals surface area contributed by atoms with E-state index in [4.69, 9.17) is 8.94 Å². The quantitative estimate of drug-likeness (QED) is 0.539. The van der Waals surface area contributed by atoms with Gasteiger partial charge >= 0.3 is 0 Å². The van der Waals surface area contributed by atoms with Crippen LogP contribution < -0.4 is 0 Å². The van der Waals surface area contributed by atoms with Crippen LogP contribution in [0.1, 0.15) is 28.5 Å². The Hall–Kier alpha value is -3.18. The van der Waals surface area contributed by atoms with Crippen LogP contribution in [-0.2, 0) is 13.1 Å². The number of fused-ring (bicyclic) bond motifs is 1. The second-order valence-electron chi connectivity index (χ2n) is 6.82. The van der Waals surface area contributed by atoms with E-state index in [1.807, 2.05) is 12.1 Å². The summed E-state index contributed by atoms with van der Waals surface area (Å²) < 4.78 is 10.8. The molecule has 0 radical (unpaired) electrons. The van der Waals surface area contributed by atoms with E-state index in [-0.39, 0.29) is 0 Å². The zero-order valence-corrected chi connectivity index (χ0v) is 14.8. The Balaban J connectivity index is 1.41. The second kappa shape index (κ2) is 6.85. The molecule has 0 fully saturated rings. The van der Waals surface area contributed by atoms with E-state index in [2.05, 4.69) is 69.6 Å². The molecule has 2 aromatic heterocycles. The lowest BCUT2D eigenvalue weighted by atomic mass is 9.85. The molecular weight excluding hydrogens is 338 g/mol. The molecule has 2 aromatic carbocycles. The van der Waals surface area contributed by atoms with Crippen LogP contribution >= 0.6 is 0 Å². The molecule has 0 amide bonds. The maximum atomic E-state index is 5.46. The van der Waals surface area contributed by atoms with Crippen LogP contribution in [0.4, 0.5) is 0 Å².